The molecule has 0 saturated carbocycles. The summed E-state index contributed by atoms with van der Waals surface area (Å²) in [6, 6.07) is 9.13. The maximum Gasteiger partial charge on any atom is 0.573 e. The number of methoxy groups -OCH3 is 1. The van der Waals surface area contributed by atoms with Crippen LogP contribution in [0.2, 0.25) is 0 Å². The number of anilines is 1. The molecule has 1 amide bonds. The summed E-state index contributed by atoms with van der Waals surface area (Å²) in [5, 5.41) is 2.32. The second kappa shape index (κ2) is 12.6. The number of carbonyl (C=O) groups excluding carboxylic acids is 2. The third-order valence-corrected chi connectivity index (χ3v) is 4.94. The molecule has 0 saturated heterocycles. The molecule has 0 aromatic heterocycles. The fourth-order valence-corrected chi connectivity index (χ4v) is 3.21. The smallest absolute Gasteiger partial charge is 0.485 e. The molecule has 39 heavy (non-hydrogen) atoms. The summed E-state index contributed by atoms with van der Waals surface area (Å²) in [7, 11) is 1.03. The normalized spacial score (nSPS) is 15.3. The van der Waals surface area contributed by atoms with Crippen molar-refractivity contribution in [2.45, 2.75) is 31.9 Å². The van der Waals surface area contributed by atoms with E-state index in [-0.39, 0.29) is 36.8 Å². The van der Waals surface area contributed by atoms with Crippen molar-refractivity contribution in [2.24, 2.45) is 0 Å². The number of alkyl halides is 6. The molecule has 0 aliphatic heterocycles. The average Bonchev–Trinajstić information content (AvgIpc) is 2.86. The first-order valence-corrected chi connectivity index (χ1v) is 11.1. The molecule has 0 radical (unpaired) electrons. The van der Waals surface area contributed by atoms with E-state index in [9.17, 15) is 35.9 Å². The first-order chi connectivity index (χ1) is 18.3. The van der Waals surface area contributed by atoms with Gasteiger partial charge < -0.3 is 24.3 Å². The van der Waals surface area contributed by atoms with E-state index >= 15 is 0 Å². The number of halogens is 6. The first-order valence-electron chi connectivity index (χ1n) is 11.1. The highest BCUT2D eigenvalue weighted by Gasteiger charge is 2.33. The minimum Gasteiger partial charge on any atom is -0.485 e. The number of nitrogens with one attached hydrogen (secondary N) is 1. The quantitative estimate of drug-likeness (QED) is 0.248. The van der Waals surface area contributed by atoms with E-state index in [4.69, 9.17) is 9.47 Å². The predicted octanol–water partition coefficient (Wildman–Crippen LogP) is 5.45. The highest BCUT2D eigenvalue weighted by Crippen LogP contribution is 2.33. The minimum absolute atomic E-state index is 0.0403. The van der Waals surface area contributed by atoms with Gasteiger partial charge >= 0.3 is 24.6 Å². The molecule has 14 heteroatoms. The molecule has 8 nitrogen and oxygen atoms in total. The van der Waals surface area contributed by atoms with Crippen LogP contribution in [-0.4, -0.2) is 44.4 Å². The summed E-state index contributed by atoms with van der Waals surface area (Å²) in [5.74, 6) is -2.33. The zero-order valence-electron chi connectivity index (χ0n) is 20.1. The number of esters is 1. The van der Waals surface area contributed by atoms with Gasteiger partial charge in [-0.15, -0.1) is 26.3 Å². The van der Waals surface area contributed by atoms with Gasteiger partial charge in [0.2, 0.25) is 0 Å². The van der Waals surface area contributed by atoms with E-state index < -0.39 is 36.5 Å². The molecule has 0 heterocycles. The SMILES string of the molecule is COC(=O)C(=O)Nc1ccc(OCc2ccc(OC(F)(F)F)cc2)c(OCC2=CCC(OC(F)(F)F)C=C2)c1. The van der Waals surface area contributed by atoms with Crippen molar-refractivity contribution >= 4 is 17.6 Å². The minimum atomic E-state index is -4.83. The second-order valence-corrected chi connectivity index (χ2v) is 7.85. The summed E-state index contributed by atoms with van der Waals surface area (Å²) >= 11 is 0. The van der Waals surface area contributed by atoms with Crippen molar-refractivity contribution in [1.82, 2.24) is 0 Å². The highest BCUT2D eigenvalue weighted by atomic mass is 19.4. The van der Waals surface area contributed by atoms with Crippen molar-refractivity contribution in [3.05, 3.63) is 71.8 Å². The molecule has 0 fully saturated rings. The van der Waals surface area contributed by atoms with Crippen LogP contribution in [0.4, 0.5) is 32.0 Å². The zero-order chi connectivity index (χ0) is 28.6. The van der Waals surface area contributed by atoms with Crippen LogP contribution >= 0.6 is 0 Å². The van der Waals surface area contributed by atoms with Gasteiger partial charge in [0, 0.05) is 11.8 Å². The first kappa shape index (κ1) is 29.4. The number of benzene rings is 2. The molecular formula is C25H21F6NO7. The highest BCUT2D eigenvalue weighted by molar-refractivity contribution is 6.37. The Bertz CT molecular complexity index is 1220. The molecule has 2 aromatic rings. The van der Waals surface area contributed by atoms with Crippen LogP contribution in [0.25, 0.3) is 0 Å². The van der Waals surface area contributed by atoms with Gasteiger partial charge in [0.25, 0.3) is 0 Å². The Labute approximate surface area is 217 Å². The van der Waals surface area contributed by atoms with Crippen LogP contribution < -0.4 is 19.5 Å². The van der Waals surface area contributed by atoms with Crippen LogP contribution in [-0.2, 0) is 25.7 Å². The van der Waals surface area contributed by atoms with E-state index in [1.54, 1.807) is 0 Å². The van der Waals surface area contributed by atoms with Gasteiger partial charge in [-0.3, -0.25) is 9.53 Å². The lowest BCUT2D eigenvalue weighted by atomic mass is 10.1. The van der Waals surface area contributed by atoms with E-state index in [1.807, 2.05) is 0 Å². The number of carbonyl (C=O) groups is 2. The molecule has 2 aromatic carbocycles. The maximum atomic E-state index is 12.4. The van der Waals surface area contributed by atoms with E-state index in [2.05, 4.69) is 19.5 Å². The van der Waals surface area contributed by atoms with Gasteiger partial charge in [-0.05, 0) is 41.8 Å². The monoisotopic (exact) mass is 561 g/mol. The van der Waals surface area contributed by atoms with E-state index in [0.29, 0.717) is 11.1 Å². The van der Waals surface area contributed by atoms with Gasteiger partial charge in [-0.2, -0.15) is 0 Å². The largest absolute Gasteiger partial charge is 0.573 e. The molecule has 1 atom stereocenters. The average molecular weight is 561 g/mol. The third-order valence-electron chi connectivity index (χ3n) is 4.94. The lowest BCUT2D eigenvalue weighted by Crippen LogP contribution is -2.23. The third kappa shape index (κ3) is 9.89. The summed E-state index contributed by atoms with van der Waals surface area (Å²) in [6.45, 7) is -0.181. The molecule has 1 unspecified atom stereocenters. The number of ether oxygens (including phenoxy) is 5. The van der Waals surface area contributed by atoms with Gasteiger partial charge in [0.1, 0.15) is 19.0 Å². The molecule has 3 rings (SSSR count). The second-order valence-electron chi connectivity index (χ2n) is 7.85. The predicted molar refractivity (Wildman–Crippen MR) is 123 cm³/mol. The zero-order valence-corrected chi connectivity index (χ0v) is 20.1. The number of rotatable bonds is 9. The Morgan fingerprint density at radius 3 is 2.21 bits per heavy atom. The molecule has 0 spiro atoms. The summed E-state index contributed by atoms with van der Waals surface area (Å²) in [6.07, 6.45) is -6.66. The lowest BCUT2D eigenvalue weighted by Gasteiger charge is -2.19. The van der Waals surface area contributed by atoms with Crippen LogP contribution in [0.15, 0.2) is 66.3 Å². The molecule has 1 aliphatic rings. The summed E-state index contributed by atoms with van der Waals surface area (Å²) in [5.41, 5.74) is 1.17. The van der Waals surface area contributed by atoms with Gasteiger partial charge in [-0.1, -0.05) is 30.4 Å². The lowest BCUT2D eigenvalue weighted by molar-refractivity contribution is -0.336. The summed E-state index contributed by atoms with van der Waals surface area (Å²) in [4.78, 5) is 23.3. The van der Waals surface area contributed by atoms with Gasteiger partial charge in [0.05, 0.1) is 13.2 Å². The standard InChI is InChI=1S/C25H21F6NO7/c1-35-23(34)22(33)32-17-6-11-20(36-13-15-2-7-18(8-3-15)38-24(26,27)28)21(12-17)37-14-16-4-9-19(10-5-16)39-25(29,30)31/h2-9,11-12,19H,10,13-14H2,1H3,(H,32,33). The number of hydrogen-bond acceptors (Lipinski definition) is 7. The Hall–Kier alpha value is -4.20. The van der Waals surface area contributed by atoms with Gasteiger partial charge in [-0.25, -0.2) is 4.79 Å². The number of amides is 1. The Balaban J connectivity index is 1.70. The van der Waals surface area contributed by atoms with Crippen LogP contribution in [0.3, 0.4) is 0 Å². The summed E-state index contributed by atoms with van der Waals surface area (Å²) < 4.78 is 97.9. The Morgan fingerprint density at radius 2 is 1.62 bits per heavy atom. The number of hydrogen-bond donors (Lipinski definition) is 1. The van der Waals surface area contributed by atoms with Crippen molar-refractivity contribution in [3.8, 4) is 17.2 Å². The van der Waals surface area contributed by atoms with Gasteiger partial charge in [0.15, 0.2) is 11.5 Å². The topological polar surface area (TPSA) is 92.3 Å². The van der Waals surface area contributed by atoms with Crippen molar-refractivity contribution in [3.63, 3.8) is 0 Å². The Kier molecular flexibility index (Phi) is 9.46. The molecule has 1 aliphatic carbocycles. The van der Waals surface area contributed by atoms with Crippen molar-refractivity contribution in [1.29, 1.82) is 0 Å². The fourth-order valence-electron chi connectivity index (χ4n) is 3.21. The van der Waals surface area contributed by atoms with Crippen LogP contribution in [0, 0.1) is 0 Å². The van der Waals surface area contributed by atoms with Crippen molar-refractivity contribution < 1.29 is 59.6 Å². The van der Waals surface area contributed by atoms with Crippen LogP contribution in [0.5, 0.6) is 17.2 Å². The molecular weight excluding hydrogens is 540 g/mol. The van der Waals surface area contributed by atoms with E-state index in [0.717, 1.165) is 19.2 Å². The van der Waals surface area contributed by atoms with Crippen LogP contribution in [0.1, 0.15) is 12.0 Å². The fraction of sp³-hybridized carbons (Fsp3) is 0.280. The molecule has 210 valence electrons. The Morgan fingerprint density at radius 1 is 0.923 bits per heavy atom. The van der Waals surface area contributed by atoms with Crippen molar-refractivity contribution in [2.75, 3.05) is 19.0 Å². The molecule has 0 bridgehead atoms. The maximum absolute atomic E-state index is 12.4. The molecule has 1 N–H and O–H groups in total. The van der Waals surface area contributed by atoms with E-state index in [1.165, 1.54) is 48.6 Å².